The van der Waals surface area contributed by atoms with E-state index in [4.69, 9.17) is 0 Å². The van der Waals surface area contributed by atoms with E-state index < -0.39 is 23.8 Å². The summed E-state index contributed by atoms with van der Waals surface area (Å²) in [6.07, 6.45) is 5.55. The fourth-order valence-electron chi connectivity index (χ4n) is 4.54. The minimum absolute atomic E-state index is 0.0770. The Labute approximate surface area is 152 Å². The first kappa shape index (κ1) is 16.9. The van der Waals surface area contributed by atoms with Gasteiger partial charge < -0.3 is 0 Å². The second kappa shape index (κ2) is 6.34. The summed E-state index contributed by atoms with van der Waals surface area (Å²) in [5.41, 5.74) is 2.94. The van der Waals surface area contributed by atoms with Crippen molar-refractivity contribution in [2.75, 3.05) is 0 Å². The third-order valence-electron chi connectivity index (χ3n) is 6.13. The van der Waals surface area contributed by atoms with Crippen molar-refractivity contribution in [3.05, 3.63) is 29.3 Å². The van der Waals surface area contributed by atoms with Gasteiger partial charge in [0.2, 0.25) is 11.8 Å². The minimum Gasteiger partial charge on any atom is -0.277 e. The molecule has 0 unspecified atom stereocenters. The molecule has 1 N–H and O–H groups in total. The quantitative estimate of drug-likeness (QED) is 0.670. The molecule has 3 aliphatic rings. The summed E-state index contributed by atoms with van der Waals surface area (Å²) < 4.78 is 0. The number of nitrogens with one attached hydrogen (secondary N) is 1. The first-order valence-corrected chi connectivity index (χ1v) is 9.23. The van der Waals surface area contributed by atoms with E-state index in [-0.39, 0.29) is 6.04 Å². The lowest BCUT2D eigenvalue weighted by Crippen LogP contribution is -2.62. The molecule has 6 heteroatoms. The second-order valence-electron chi connectivity index (χ2n) is 7.77. The maximum atomic E-state index is 12.9. The van der Waals surface area contributed by atoms with E-state index in [0.29, 0.717) is 17.5 Å². The number of nitrogens with zero attached hydrogens (tertiary/aromatic N) is 2. The Balaban J connectivity index is 1.56. The van der Waals surface area contributed by atoms with Crippen LogP contribution < -0.4 is 5.32 Å². The predicted octanol–water partition coefficient (Wildman–Crippen LogP) is 2.89. The Bertz CT molecular complexity index is 817. The smallest absolute Gasteiger partial charge is 0.277 e. The molecule has 4 amide bonds. The summed E-state index contributed by atoms with van der Waals surface area (Å²) in [7, 11) is 0. The number of fused-ring (bicyclic) bond motifs is 2. The van der Waals surface area contributed by atoms with Crippen molar-refractivity contribution in [1.29, 1.82) is 0 Å². The first-order valence-electron chi connectivity index (χ1n) is 9.23. The van der Waals surface area contributed by atoms with Gasteiger partial charge in [0, 0.05) is 12.3 Å². The average molecular weight is 353 g/mol. The number of hydrogen-bond donors (Lipinski definition) is 1. The van der Waals surface area contributed by atoms with Crippen molar-refractivity contribution in [3.63, 3.8) is 0 Å². The van der Waals surface area contributed by atoms with Crippen molar-refractivity contribution in [1.82, 2.24) is 10.2 Å². The van der Waals surface area contributed by atoms with Crippen LogP contribution in [0, 0.1) is 31.6 Å². The number of benzene rings is 1. The summed E-state index contributed by atoms with van der Waals surface area (Å²) in [6, 6.07) is 5.06. The Morgan fingerprint density at radius 1 is 1.12 bits per heavy atom. The summed E-state index contributed by atoms with van der Waals surface area (Å²) in [6.45, 7) is 4.00. The number of aryl methyl sites for hydroxylation is 2. The molecule has 2 saturated carbocycles. The molecule has 26 heavy (non-hydrogen) atoms. The number of urea groups is 1. The standard InChI is InChI=1S/C20H23N3O3/c1-11-3-6-15(7-12(11)2)21-10-16-18(24)22-20(26)23(19(16)25)17-9-13-4-5-14(17)8-13/h3,6-7,10,13-14,16-17H,4-5,8-9H2,1-2H3,(H,22,24,26)/t13-,14-,16-,17-/m0/s1. The molecule has 6 nitrogen and oxygen atoms in total. The fraction of sp³-hybridized carbons (Fsp3) is 0.500. The Morgan fingerprint density at radius 3 is 2.58 bits per heavy atom. The van der Waals surface area contributed by atoms with Crippen LogP contribution in [-0.2, 0) is 9.59 Å². The molecular formula is C20H23N3O3. The van der Waals surface area contributed by atoms with Crippen molar-refractivity contribution in [2.24, 2.45) is 22.7 Å². The van der Waals surface area contributed by atoms with Gasteiger partial charge in [0.25, 0.3) is 0 Å². The zero-order valence-corrected chi connectivity index (χ0v) is 15.1. The highest BCUT2D eigenvalue weighted by molar-refractivity contribution is 6.23. The first-order chi connectivity index (χ1) is 12.4. The van der Waals surface area contributed by atoms with E-state index in [1.807, 2.05) is 32.0 Å². The molecule has 1 aliphatic heterocycles. The van der Waals surface area contributed by atoms with Gasteiger partial charge >= 0.3 is 6.03 Å². The van der Waals surface area contributed by atoms with Gasteiger partial charge in [-0.05, 0) is 68.2 Å². The Hall–Kier alpha value is -2.50. The minimum atomic E-state index is -1.05. The molecule has 0 spiro atoms. The van der Waals surface area contributed by atoms with E-state index in [2.05, 4.69) is 10.3 Å². The molecule has 2 aliphatic carbocycles. The van der Waals surface area contributed by atoms with Crippen molar-refractivity contribution in [2.45, 2.75) is 45.6 Å². The van der Waals surface area contributed by atoms with E-state index in [1.165, 1.54) is 17.5 Å². The highest BCUT2D eigenvalue weighted by Crippen LogP contribution is 2.47. The number of aliphatic imine (C=N–C) groups is 1. The van der Waals surface area contributed by atoms with Crippen LogP contribution in [0.25, 0.3) is 0 Å². The van der Waals surface area contributed by atoms with Gasteiger partial charge in [-0.3, -0.25) is 24.8 Å². The van der Waals surface area contributed by atoms with Gasteiger partial charge in [0.1, 0.15) is 0 Å². The van der Waals surface area contributed by atoms with Crippen LogP contribution in [0.3, 0.4) is 0 Å². The van der Waals surface area contributed by atoms with Gasteiger partial charge in [0.05, 0.1) is 5.69 Å². The Morgan fingerprint density at radius 2 is 1.92 bits per heavy atom. The molecule has 4 atom stereocenters. The molecular weight excluding hydrogens is 330 g/mol. The largest absolute Gasteiger partial charge is 0.331 e. The highest BCUT2D eigenvalue weighted by Gasteiger charge is 2.50. The van der Waals surface area contributed by atoms with Gasteiger partial charge in [-0.1, -0.05) is 12.5 Å². The van der Waals surface area contributed by atoms with Crippen LogP contribution in [-0.4, -0.2) is 35.0 Å². The van der Waals surface area contributed by atoms with Gasteiger partial charge in [-0.15, -0.1) is 0 Å². The Kier molecular flexibility index (Phi) is 4.13. The molecule has 1 heterocycles. The van der Waals surface area contributed by atoms with Crippen LogP contribution in [0.1, 0.15) is 36.8 Å². The van der Waals surface area contributed by atoms with Crippen LogP contribution in [0.2, 0.25) is 0 Å². The highest BCUT2D eigenvalue weighted by atomic mass is 16.2. The van der Waals surface area contributed by atoms with Crippen LogP contribution in [0.4, 0.5) is 10.5 Å². The number of rotatable bonds is 3. The lowest BCUT2D eigenvalue weighted by molar-refractivity contribution is -0.141. The average Bonchev–Trinajstić information content (AvgIpc) is 3.20. The molecule has 2 bridgehead atoms. The number of imide groups is 2. The van der Waals surface area contributed by atoms with Gasteiger partial charge in [-0.2, -0.15) is 0 Å². The summed E-state index contributed by atoms with van der Waals surface area (Å²) in [5.74, 6) is -1.10. The maximum Gasteiger partial charge on any atom is 0.331 e. The van der Waals surface area contributed by atoms with E-state index in [9.17, 15) is 14.4 Å². The SMILES string of the molecule is Cc1ccc(N=C[C@H]2C(=O)NC(=O)N([C@H]3C[C@H]4CC[C@H]3C4)C2=O)cc1C. The molecule has 0 aromatic heterocycles. The third-order valence-corrected chi connectivity index (χ3v) is 6.13. The summed E-state index contributed by atoms with van der Waals surface area (Å²) in [5, 5.41) is 2.34. The van der Waals surface area contributed by atoms with Gasteiger partial charge in [-0.25, -0.2) is 4.79 Å². The lowest BCUT2D eigenvalue weighted by atomic mass is 9.92. The molecule has 1 saturated heterocycles. The maximum absolute atomic E-state index is 12.9. The number of carbonyl (C=O) groups excluding carboxylic acids is 3. The topological polar surface area (TPSA) is 78.8 Å². The van der Waals surface area contributed by atoms with E-state index in [1.54, 1.807) is 0 Å². The molecule has 0 radical (unpaired) electrons. The van der Waals surface area contributed by atoms with Crippen molar-refractivity contribution >= 4 is 29.7 Å². The third kappa shape index (κ3) is 2.83. The van der Waals surface area contributed by atoms with Crippen LogP contribution >= 0.6 is 0 Å². The molecule has 1 aromatic carbocycles. The molecule has 136 valence electrons. The number of hydrogen-bond acceptors (Lipinski definition) is 4. The number of amides is 4. The molecule has 1 aromatic rings. The summed E-state index contributed by atoms with van der Waals surface area (Å²) in [4.78, 5) is 43.0. The predicted molar refractivity (Wildman–Crippen MR) is 97.2 cm³/mol. The van der Waals surface area contributed by atoms with Crippen molar-refractivity contribution < 1.29 is 14.4 Å². The monoisotopic (exact) mass is 353 g/mol. The normalized spacial score (nSPS) is 31.2. The van der Waals surface area contributed by atoms with Crippen molar-refractivity contribution in [3.8, 4) is 0 Å². The van der Waals surface area contributed by atoms with E-state index >= 15 is 0 Å². The number of barbiturate groups is 1. The van der Waals surface area contributed by atoms with Gasteiger partial charge in [0.15, 0.2) is 5.92 Å². The van der Waals surface area contributed by atoms with E-state index in [0.717, 1.165) is 30.4 Å². The zero-order valence-electron chi connectivity index (χ0n) is 15.1. The molecule has 4 rings (SSSR count). The molecule has 3 fully saturated rings. The zero-order chi connectivity index (χ0) is 18.4. The summed E-state index contributed by atoms with van der Waals surface area (Å²) >= 11 is 0. The fourth-order valence-corrected chi connectivity index (χ4v) is 4.54. The second-order valence-corrected chi connectivity index (χ2v) is 7.77. The lowest BCUT2D eigenvalue weighted by Gasteiger charge is -2.36. The van der Waals surface area contributed by atoms with Crippen LogP contribution in [0.15, 0.2) is 23.2 Å². The number of carbonyl (C=O) groups is 3. The van der Waals surface area contributed by atoms with Crippen LogP contribution in [0.5, 0.6) is 0 Å².